The maximum atomic E-state index is 13.7. The largest absolute Gasteiger partial charge is 0.306 e. The average molecular weight is 274 g/mol. The van der Waals surface area contributed by atoms with Gasteiger partial charge in [0.2, 0.25) is 5.91 Å². The number of amides is 1. The number of rotatable bonds is 2. The van der Waals surface area contributed by atoms with Crippen molar-refractivity contribution in [2.45, 2.75) is 11.7 Å². The summed E-state index contributed by atoms with van der Waals surface area (Å²) in [5, 5.41) is 10.1. The highest BCUT2D eigenvalue weighted by atomic mass is 32.1. The fourth-order valence-electron chi connectivity index (χ4n) is 1.82. The molecule has 1 aromatic rings. The third-order valence-corrected chi connectivity index (χ3v) is 2.93. The van der Waals surface area contributed by atoms with Crippen molar-refractivity contribution in [1.82, 2.24) is 0 Å². The highest BCUT2D eigenvalue weighted by Gasteiger charge is 2.33. The van der Waals surface area contributed by atoms with E-state index in [0.29, 0.717) is 12.1 Å². The number of nitro benzene ring substituents is 1. The molecule has 2 rings (SSSR count). The van der Waals surface area contributed by atoms with Crippen LogP contribution in [-0.4, -0.2) is 22.6 Å². The Morgan fingerprint density at radius 1 is 1.39 bits per heavy atom. The standard InChI is InChI=1S/C10H8F2N2O3S/c11-7-1-5(14(16)17)2-8(12)10(7)13-4-6(18)3-9(13)15/h1-2,6,18H,3-4H2. The van der Waals surface area contributed by atoms with E-state index in [1.54, 1.807) is 0 Å². The van der Waals surface area contributed by atoms with Gasteiger partial charge in [0.15, 0.2) is 11.6 Å². The van der Waals surface area contributed by atoms with Crippen LogP contribution in [0.1, 0.15) is 6.42 Å². The summed E-state index contributed by atoms with van der Waals surface area (Å²) < 4.78 is 27.3. The molecule has 0 N–H and O–H groups in total. The number of hydrogen-bond donors (Lipinski definition) is 1. The van der Waals surface area contributed by atoms with Gasteiger partial charge in [-0.25, -0.2) is 8.78 Å². The molecule has 0 saturated carbocycles. The Morgan fingerprint density at radius 3 is 2.33 bits per heavy atom. The van der Waals surface area contributed by atoms with Crippen LogP contribution >= 0.6 is 12.6 Å². The smallest absolute Gasteiger partial charge is 0.275 e. The first kappa shape index (κ1) is 12.7. The van der Waals surface area contributed by atoms with Crippen LogP contribution in [0.25, 0.3) is 0 Å². The Morgan fingerprint density at radius 2 is 1.94 bits per heavy atom. The van der Waals surface area contributed by atoms with Crippen molar-refractivity contribution in [3.05, 3.63) is 33.9 Å². The van der Waals surface area contributed by atoms with Gasteiger partial charge in [-0.15, -0.1) is 0 Å². The van der Waals surface area contributed by atoms with Crippen LogP contribution in [0.5, 0.6) is 0 Å². The normalized spacial score (nSPS) is 19.4. The van der Waals surface area contributed by atoms with Crippen LogP contribution in [0.15, 0.2) is 12.1 Å². The second kappa shape index (κ2) is 4.52. The number of non-ortho nitro benzene ring substituents is 1. The van der Waals surface area contributed by atoms with Crippen molar-refractivity contribution in [2.24, 2.45) is 0 Å². The first-order chi connectivity index (χ1) is 8.40. The molecule has 1 fully saturated rings. The third-order valence-electron chi connectivity index (χ3n) is 2.59. The number of carbonyl (C=O) groups is 1. The lowest BCUT2D eigenvalue weighted by molar-refractivity contribution is -0.385. The average Bonchev–Trinajstić information content (AvgIpc) is 2.56. The Hall–Kier alpha value is -1.70. The van der Waals surface area contributed by atoms with Crippen LogP contribution in [-0.2, 0) is 4.79 Å². The van der Waals surface area contributed by atoms with E-state index < -0.39 is 33.8 Å². The van der Waals surface area contributed by atoms with E-state index in [2.05, 4.69) is 12.6 Å². The number of anilines is 1. The maximum Gasteiger partial charge on any atom is 0.275 e. The highest BCUT2D eigenvalue weighted by Crippen LogP contribution is 2.31. The number of hydrogen-bond acceptors (Lipinski definition) is 4. The zero-order valence-electron chi connectivity index (χ0n) is 8.97. The summed E-state index contributed by atoms with van der Waals surface area (Å²) in [6.07, 6.45) is 0.0823. The van der Waals surface area contributed by atoms with Crippen molar-refractivity contribution in [2.75, 3.05) is 11.4 Å². The lowest BCUT2D eigenvalue weighted by atomic mass is 10.2. The summed E-state index contributed by atoms with van der Waals surface area (Å²) in [4.78, 5) is 22.0. The van der Waals surface area contributed by atoms with Crippen molar-refractivity contribution < 1.29 is 18.5 Å². The minimum atomic E-state index is -1.13. The summed E-state index contributed by atoms with van der Waals surface area (Å²) in [6.45, 7) is 0.0770. The highest BCUT2D eigenvalue weighted by molar-refractivity contribution is 7.81. The van der Waals surface area contributed by atoms with Gasteiger partial charge in [0.05, 0.1) is 17.1 Å². The minimum absolute atomic E-state index is 0.0770. The maximum absolute atomic E-state index is 13.7. The Balaban J connectivity index is 2.46. The third kappa shape index (κ3) is 2.15. The van der Waals surface area contributed by atoms with E-state index in [1.165, 1.54) is 0 Å². The number of halogens is 2. The zero-order chi connectivity index (χ0) is 13.4. The summed E-state index contributed by atoms with van der Waals surface area (Å²) in [6, 6.07) is 1.19. The van der Waals surface area contributed by atoms with Crippen molar-refractivity contribution in [1.29, 1.82) is 0 Å². The molecule has 1 atom stereocenters. The molecule has 1 saturated heterocycles. The zero-order valence-corrected chi connectivity index (χ0v) is 9.86. The quantitative estimate of drug-likeness (QED) is 0.509. The van der Waals surface area contributed by atoms with Gasteiger partial charge < -0.3 is 4.90 Å². The molecular formula is C10H8F2N2O3S. The molecule has 5 nitrogen and oxygen atoms in total. The predicted octanol–water partition coefficient (Wildman–Crippen LogP) is 1.91. The van der Waals surface area contributed by atoms with Gasteiger partial charge >= 0.3 is 0 Å². The molecule has 1 heterocycles. The first-order valence-electron chi connectivity index (χ1n) is 5.02. The molecule has 0 bridgehead atoms. The first-order valence-corrected chi connectivity index (χ1v) is 5.53. The molecule has 96 valence electrons. The van der Waals surface area contributed by atoms with E-state index in [0.717, 1.165) is 4.90 Å². The van der Waals surface area contributed by atoms with Gasteiger partial charge in [0, 0.05) is 18.2 Å². The molecule has 0 aliphatic carbocycles. The number of nitrogens with zero attached hydrogens (tertiary/aromatic N) is 2. The van der Waals surface area contributed by atoms with Crippen LogP contribution in [0.4, 0.5) is 20.2 Å². The van der Waals surface area contributed by atoms with Crippen molar-refractivity contribution in [3.8, 4) is 0 Å². The molecule has 1 aliphatic heterocycles. The van der Waals surface area contributed by atoms with Crippen molar-refractivity contribution >= 4 is 29.9 Å². The lowest BCUT2D eigenvalue weighted by Gasteiger charge is -2.17. The summed E-state index contributed by atoms with van der Waals surface area (Å²) in [7, 11) is 0. The molecule has 0 spiro atoms. The van der Waals surface area contributed by atoms with E-state index in [4.69, 9.17) is 0 Å². The van der Waals surface area contributed by atoms with E-state index in [-0.39, 0.29) is 18.2 Å². The van der Waals surface area contributed by atoms with Gasteiger partial charge in [-0.1, -0.05) is 0 Å². The van der Waals surface area contributed by atoms with E-state index in [1.807, 2.05) is 0 Å². The van der Waals surface area contributed by atoms with Crippen molar-refractivity contribution in [3.63, 3.8) is 0 Å². The molecule has 1 aliphatic rings. The van der Waals surface area contributed by atoms with E-state index >= 15 is 0 Å². The number of thiol groups is 1. The molecule has 1 aromatic carbocycles. The van der Waals surface area contributed by atoms with Gasteiger partial charge in [-0.2, -0.15) is 12.6 Å². The number of benzene rings is 1. The monoisotopic (exact) mass is 274 g/mol. The second-order valence-electron chi connectivity index (χ2n) is 3.88. The Labute approximate surface area is 106 Å². The molecule has 0 radical (unpaired) electrons. The SMILES string of the molecule is O=C1CC(S)CN1c1c(F)cc([N+](=O)[O-])cc1F. The van der Waals surface area contributed by atoms with Gasteiger partial charge in [0.25, 0.3) is 5.69 Å². The van der Waals surface area contributed by atoms with E-state index in [9.17, 15) is 23.7 Å². The Kier molecular flexibility index (Phi) is 3.20. The Bertz CT molecular complexity index is 515. The van der Waals surface area contributed by atoms with Crippen LogP contribution in [0.3, 0.4) is 0 Å². The number of carbonyl (C=O) groups excluding carboxylic acids is 1. The lowest BCUT2D eigenvalue weighted by Crippen LogP contribution is -2.26. The fourth-order valence-corrected chi connectivity index (χ4v) is 2.14. The molecule has 8 heteroatoms. The molecule has 18 heavy (non-hydrogen) atoms. The summed E-state index contributed by atoms with van der Waals surface area (Å²) in [5.74, 6) is -2.71. The minimum Gasteiger partial charge on any atom is -0.306 e. The van der Waals surface area contributed by atoms with Gasteiger partial charge in [-0.05, 0) is 0 Å². The van der Waals surface area contributed by atoms with Gasteiger partial charge in [-0.3, -0.25) is 14.9 Å². The summed E-state index contributed by atoms with van der Waals surface area (Å²) in [5.41, 5.74) is -1.25. The second-order valence-corrected chi connectivity index (χ2v) is 4.61. The topological polar surface area (TPSA) is 63.5 Å². The van der Waals surface area contributed by atoms with Gasteiger partial charge in [0.1, 0.15) is 5.69 Å². The molecule has 1 amide bonds. The molecule has 0 aromatic heterocycles. The molecular weight excluding hydrogens is 266 g/mol. The summed E-state index contributed by atoms with van der Waals surface area (Å²) >= 11 is 4.07. The fraction of sp³-hybridized carbons (Fsp3) is 0.300. The van der Waals surface area contributed by atoms with Crippen LogP contribution in [0.2, 0.25) is 0 Å². The molecule has 1 unspecified atom stereocenters. The van der Waals surface area contributed by atoms with Crippen LogP contribution in [0, 0.1) is 21.7 Å². The number of nitro groups is 1. The predicted molar refractivity (Wildman–Crippen MR) is 62.8 cm³/mol. The van der Waals surface area contributed by atoms with Crippen LogP contribution < -0.4 is 4.90 Å².